The maximum Gasteiger partial charge on any atom is 0.169 e. The summed E-state index contributed by atoms with van der Waals surface area (Å²) < 4.78 is 1.78. The highest BCUT2D eigenvalue weighted by atomic mass is 35.5. The Bertz CT molecular complexity index is 736. The fourth-order valence-corrected chi connectivity index (χ4v) is 2.12. The van der Waals surface area contributed by atoms with Gasteiger partial charge in [-0.25, -0.2) is 4.98 Å². The predicted octanol–water partition coefficient (Wildman–Crippen LogP) is 3.41. The number of halogens is 2. The van der Waals surface area contributed by atoms with Gasteiger partial charge in [0.25, 0.3) is 0 Å². The molecule has 0 amide bonds. The standard InChI is InChI=1S/C12H8Cl2N4/c1-7-8(3-2-4-9(7)13)12-17-16-11-5-10(14)15-6-18(11)12/h2-6H,1H3. The van der Waals surface area contributed by atoms with E-state index in [1.165, 1.54) is 0 Å². The van der Waals surface area contributed by atoms with Gasteiger partial charge in [0.05, 0.1) is 0 Å². The minimum Gasteiger partial charge on any atom is -0.265 e. The lowest BCUT2D eigenvalue weighted by Gasteiger charge is -2.05. The van der Waals surface area contributed by atoms with Crippen LogP contribution in [0, 0.1) is 6.92 Å². The molecule has 0 N–H and O–H groups in total. The maximum atomic E-state index is 6.11. The van der Waals surface area contributed by atoms with Crippen LogP contribution in [0.15, 0.2) is 30.6 Å². The Labute approximate surface area is 113 Å². The number of hydrogen-bond donors (Lipinski definition) is 0. The molecule has 0 atom stereocenters. The summed E-state index contributed by atoms with van der Waals surface area (Å²) in [6, 6.07) is 7.35. The van der Waals surface area contributed by atoms with Crippen LogP contribution in [0.5, 0.6) is 0 Å². The molecule has 2 aromatic heterocycles. The molecule has 3 rings (SSSR count). The highest BCUT2D eigenvalue weighted by Crippen LogP contribution is 2.27. The fraction of sp³-hybridized carbons (Fsp3) is 0.0833. The van der Waals surface area contributed by atoms with E-state index < -0.39 is 0 Å². The molecule has 0 spiro atoms. The average molecular weight is 279 g/mol. The van der Waals surface area contributed by atoms with Crippen LogP contribution in [0.25, 0.3) is 17.0 Å². The summed E-state index contributed by atoms with van der Waals surface area (Å²) in [7, 11) is 0. The van der Waals surface area contributed by atoms with Crippen molar-refractivity contribution in [1.29, 1.82) is 0 Å². The summed E-state index contributed by atoms with van der Waals surface area (Å²) in [5.41, 5.74) is 2.55. The molecule has 1 aromatic carbocycles. The van der Waals surface area contributed by atoms with Crippen LogP contribution in [-0.4, -0.2) is 19.6 Å². The third kappa shape index (κ3) is 1.74. The van der Waals surface area contributed by atoms with Gasteiger partial charge in [-0.1, -0.05) is 35.3 Å². The van der Waals surface area contributed by atoms with E-state index >= 15 is 0 Å². The molecule has 0 aliphatic carbocycles. The zero-order valence-electron chi connectivity index (χ0n) is 9.43. The van der Waals surface area contributed by atoms with Gasteiger partial charge < -0.3 is 0 Å². The van der Waals surface area contributed by atoms with Crippen LogP contribution in [0.3, 0.4) is 0 Å². The molecule has 90 valence electrons. The zero-order chi connectivity index (χ0) is 12.7. The van der Waals surface area contributed by atoms with Crippen LogP contribution in [0.2, 0.25) is 10.2 Å². The second kappa shape index (κ2) is 4.23. The number of hydrogen-bond acceptors (Lipinski definition) is 3. The molecular weight excluding hydrogens is 271 g/mol. The Balaban J connectivity index is 2.29. The lowest BCUT2D eigenvalue weighted by molar-refractivity contribution is 1.08. The molecule has 0 bridgehead atoms. The molecule has 2 heterocycles. The molecule has 0 aliphatic rings. The molecule has 18 heavy (non-hydrogen) atoms. The summed E-state index contributed by atoms with van der Waals surface area (Å²) in [6.07, 6.45) is 1.60. The maximum absolute atomic E-state index is 6.11. The SMILES string of the molecule is Cc1c(Cl)cccc1-c1nnc2cc(Cl)ncn12. The van der Waals surface area contributed by atoms with Crippen molar-refractivity contribution in [2.24, 2.45) is 0 Å². The van der Waals surface area contributed by atoms with Crippen molar-refractivity contribution in [3.8, 4) is 11.4 Å². The second-order valence-corrected chi connectivity index (χ2v) is 4.67. The van der Waals surface area contributed by atoms with E-state index in [0.717, 1.165) is 11.1 Å². The van der Waals surface area contributed by atoms with Crippen LogP contribution in [0.4, 0.5) is 0 Å². The van der Waals surface area contributed by atoms with Crippen LogP contribution >= 0.6 is 23.2 Å². The molecule has 0 unspecified atom stereocenters. The first kappa shape index (κ1) is 11.4. The normalized spacial score (nSPS) is 11.1. The third-order valence-corrected chi connectivity index (χ3v) is 3.39. The van der Waals surface area contributed by atoms with Crippen molar-refractivity contribution in [2.45, 2.75) is 6.92 Å². The van der Waals surface area contributed by atoms with Crippen LogP contribution in [0.1, 0.15) is 5.56 Å². The highest BCUT2D eigenvalue weighted by molar-refractivity contribution is 6.31. The summed E-state index contributed by atoms with van der Waals surface area (Å²) in [4.78, 5) is 4.03. The summed E-state index contributed by atoms with van der Waals surface area (Å²) in [6.45, 7) is 1.95. The van der Waals surface area contributed by atoms with Gasteiger partial charge in [-0.2, -0.15) is 0 Å². The molecule has 0 aliphatic heterocycles. The van der Waals surface area contributed by atoms with Gasteiger partial charge in [-0.3, -0.25) is 4.40 Å². The quantitative estimate of drug-likeness (QED) is 0.641. The lowest BCUT2D eigenvalue weighted by Crippen LogP contribution is -1.93. The molecule has 3 aromatic rings. The van der Waals surface area contributed by atoms with E-state index in [2.05, 4.69) is 15.2 Å². The number of fused-ring (bicyclic) bond motifs is 1. The van der Waals surface area contributed by atoms with Crippen LogP contribution in [-0.2, 0) is 0 Å². The van der Waals surface area contributed by atoms with E-state index in [4.69, 9.17) is 23.2 Å². The van der Waals surface area contributed by atoms with Gasteiger partial charge in [0, 0.05) is 16.7 Å². The largest absolute Gasteiger partial charge is 0.265 e. The molecule has 0 saturated heterocycles. The van der Waals surface area contributed by atoms with Gasteiger partial charge in [0.2, 0.25) is 0 Å². The van der Waals surface area contributed by atoms with Crippen molar-refractivity contribution in [2.75, 3.05) is 0 Å². The van der Waals surface area contributed by atoms with E-state index in [0.29, 0.717) is 21.6 Å². The van der Waals surface area contributed by atoms with Crippen molar-refractivity contribution >= 4 is 28.8 Å². The number of rotatable bonds is 1. The summed E-state index contributed by atoms with van der Waals surface area (Å²) in [5, 5.41) is 9.33. The first-order chi connectivity index (χ1) is 8.66. The van der Waals surface area contributed by atoms with Gasteiger partial charge in [-0.05, 0) is 18.6 Å². The van der Waals surface area contributed by atoms with E-state index in [1.807, 2.05) is 25.1 Å². The second-order valence-electron chi connectivity index (χ2n) is 3.88. The first-order valence-corrected chi connectivity index (χ1v) is 6.04. The van der Waals surface area contributed by atoms with Crippen LogP contribution < -0.4 is 0 Å². The van der Waals surface area contributed by atoms with Crippen molar-refractivity contribution in [3.05, 3.63) is 46.3 Å². The Morgan fingerprint density at radius 3 is 2.83 bits per heavy atom. The highest BCUT2D eigenvalue weighted by Gasteiger charge is 2.12. The van der Waals surface area contributed by atoms with E-state index in [9.17, 15) is 0 Å². The minimum atomic E-state index is 0.393. The summed E-state index contributed by atoms with van der Waals surface area (Å²) in [5.74, 6) is 0.703. The molecule has 0 saturated carbocycles. The Morgan fingerprint density at radius 2 is 2.00 bits per heavy atom. The van der Waals surface area contributed by atoms with Crippen molar-refractivity contribution in [1.82, 2.24) is 19.6 Å². The minimum absolute atomic E-state index is 0.393. The monoisotopic (exact) mass is 278 g/mol. The van der Waals surface area contributed by atoms with Gasteiger partial charge in [0.1, 0.15) is 11.5 Å². The van der Waals surface area contributed by atoms with Gasteiger partial charge >= 0.3 is 0 Å². The van der Waals surface area contributed by atoms with Gasteiger partial charge in [-0.15, -0.1) is 10.2 Å². The zero-order valence-corrected chi connectivity index (χ0v) is 10.9. The van der Waals surface area contributed by atoms with Crippen molar-refractivity contribution in [3.63, 3.8) is 0 Å². The fourth-order valence-electron chi connectivity index (χ4n) is 1.81. The number of benzene rings is 1. The molecule has 0 fully saturated rings. The average Bonchev–Trinajstić information content (AvgIpc) is 2.75. The first-order valence-electron chi connectivity index (χ1n) is 5.28. The van der Waals surface area contributed by atoms with Crippen molar-refractivity contribution < 1.29 is 0 Å². The molecule has 0 radical (unpaired) electrons. The Hall–Kier alpha value is -1.65. The Morgan fingerprint density at radius 1 is 1.17 bits per heavy atom. The number of nitrogens with zero attached hydrogens (tertiary/aromatic N) is 4. The Kier molecular flexibility index (Phi) is 2.69. The van der Waals surface area contributed by atoms with Gasteiger partial charge in [0.15, 0.2) is 11.5 Å². The van der Waals surface area contributed by atoms with E-state index in [-0.39, 0.29) is 0 Å². The summed E-state index contributed by atoms with van der Waals surface area (Å²) >= 11 is 11.9. The molecule has 4 nitrogen and oxygen atoms in total. The van der Waals surface area contributed by atoms with E-state index in [1.54, 1.807) is 16.8 Å². The number of aromatic nitrogens is 4. The molecule has 6 heteroatoms. The topological polar surface area (TPSA) is 43.1 Å². The lowest BCUT2D eigenvalue weighted by atomic mass is 10.1. The predicted molar refractivity (Wildman–Crippen MR) is 71.0 cm³/mol. The smallest absolute Gasteiger partial charge is 0.169 e. The third-order valence-electron chi connectivity index (χ3n) is 2.78. The molecular formula is C12H8Cl2N4.